The van der Waals surface area contributed by atoms with Gasteiger partial charge in [-0.2, -0.15) is 0 Å². The number of amidine groups is 1. The summed E-state index contributed by atoms with van der Waals surface area (Å²) in [6, 6.07) is 3.80. The van der Waals surface area contributed by atoms with Crippen LogP contribution in [-0.2, 0) is 14.9 Å². The zero-order chi connectivity index (χ0) is 24.7. The van der Waals surface area contributed by atoms with Crippen molar-refractivity contribution in [2.45, 2.75) is 70.9 Å². The van der Waals surface area contributed by atoms with Gasteiger partial charge in [0.1, 0.15) is 12.4 Å². The number of ether oxygens (including phenoxy) is 2. The predicted molar refractivity (Wildman–Crippen MR) is 140 cm³/mol. The maximum absolute atomic E-state index is 6.22. The molecule has 0 aliphatic heterocycles. The lowest BCUT2D eigenvalue weighted by Gasteiger charge is -2.20. The van der Waals surface area contributed by atoms with Gasteiger partial charge in [-0.3, -0.25) is 15.0 Å². The Morgan fingerprint density at radius 2 is 2.09 bits per heavy atom. The van der Waals surface area contributed by atoms with E-state index in [-0.39, 0.29) is 11.5 Å². The lowest BCUT2D eigenvalue weighted by molar-refractivity contribution is 0.0662. The minimum Gasteiger partial charge on any atom is -0.496 e. The maximum atomic E-state index is 6.22. The highest BCUT2D eigenvalue weighted by Gasteiger charge is 2.40. The lowest BCUT2D eigenvalue weighted by atomic mass is 10.0. The number of nitrogens with two attached hydrogens (primary N) is 1. The first kappa shape index (κ1) is 25.7. The van der Waals surface area contributed by atoms with Crippen LogP contribution in [0.2, 0.25) is 0 Å². The number of aromatic nitrogens is 1. The molecule has 184 valence electrons. The third-order valence-corrected chi connectivity index (χ3v) is 6.14. The van der Waals surface area contributed by atoms with E-state index in [1.54, 1.807) is 19.3 Å². The highest BCUT2D eigenvalue weighted by Crippen LogP contribution is 2.47. The third-order valence-electron chi connectivity index (χ3n) is 6.14. The van der Waals surface area contributed by atoms with Crippen LogP contribution in [0.1, 0.15) is 70.8 Å². The number of hydrogen-bond acceptors (Lipinski definition) is 6. The normalized spacial score (nSPS) is 19.6. The topological polar surface area (TPSA) is 94.1 Å². The van der Waals surface area contributed by atoms with Gasteiger partial charge in [-0.15, -0.1) is 0 Å². The highest BCUT2D eigenvalue weighted by atomic mass is 16.5. The van der Waals surface area contributed by atoms with Crippen molar-refractivity contribution >= 4 is 17.7 Å². The summed E-state index contributed by atoms with van der Waals surface area (Å²) in [6.07, 6.45) is 10.4. The molecule has 2 saturated carbocycles. The van der Waals surface area contributed by atoms with E-state index < -0.39 is 0 Å². The number of nitrogens with one attached hydrogen (secondary N) is 1. The minimum absolute atomic E-state index is 0.114. The van der Waals surface area contributed by atoms with Crippen molar-refractivity contribution in [2.75, 3.05) is 26.0 Å². The van der Waals surface area contributed by atoms with E-state index in [0.717, 1.165) is 54.1 Å². The number of hydrogen-bond donors (Lipinski definition) is 2. The fraction of sp³-hybridized carbons (Fsp3) is 0.519. The van der Waals surface area contributed by atoms with E-state index in [4.69, 9.17) is 20.2 Å². The molecule has 1 unspecified atom stereocenters. The molecule has 3 N–H and O–H groups in total. The van der Waals surface area contributed by atoms with Crippen LogP contribution in [-0.4, -0.2) is 43.4 Å². The van der Waals surface area contributed by atoms with E-state index in [0.29, 0.717) is 30.9 Å². The van der Waals surface area contributed by atoms with Crippen LogP contribution in [0.4, 0.5) is 5.69 Å². The molecule has 3 rings (SSSR count). The van der Waals surface area contributed by atoms with Crippen LogP contribution in [0.15, 0.2) is 57.9 Å². The molecule has 0 amide bonds. The molecule has 34 heavy (non-hydrogen) atoms. The molecule has 0 bridgehead atoms. The SMILES string of the molecule is C=C/C(N=CC)=C(\C=C(/C)OCCOC1CC1)C(=NC)NC(C)c1cc(N)cc(C2(C)CC2)n1. The number of rotatable bonds is 12. The fourth-order valence-electron chi connectivity index (χ4n) is 3.62. The first-order valence-electron chi connectivity index (χ1n) is 12.1. The van der Waals surface area contributed by atoms with Gasteiger partial charge < -0.3 is 20.5 Å². The van der Waals surface area contributed by atoms with Crippen LogP contribution >= 0.6 is 0 Å². The Labute approximate surface area is 204 Å². The standard InChI is InChI=1S/C27H39N5O2/c1-7-23(30-8-2)22(15-18(3)33-13-14-34-21-9-10-21)26(29-6)31-19(4)24-16-20(28)17-25(32-24)27(5)11-12-27/h7-8,15-17,19,21H,1,9-14H2,2-6H3,(H2,28,32)(H,29,31)/b18-15+,23-22-,30-8?. The maximum Gasteiger partial charge on any atom is 0.130 e. The van der Waals surface area contributed by atoms with Crippen LogP contribution in [0, 0.1) is 0 Å². The van der Waals surface area contributed by atoms with Gasteiger partial charge in [-0.25, -0.2) is 0 Å². The summed E-state index contributed by atoms with van der Waals surface area (Å²) in [6.45, 7) is 13.1. The highest BCUT2D eigenvalue weighted by molar-refractivity contribution is 6.02. The molecular formula is C27H39N5O2. The van der Waals surface area contributed by atoms with E-state index in [1.165, 1.54) is 0 Å². The molecule has 2 aliphatic rings. The average molecular weight is 466 g/mol. The number of aliphatic imine (C=N–C) groups is 2. The average Bonchev–Trinajstić information content (AvgIpc) is 3.75. The molecule has 1 heterocycles. The van der Waals surface area contributed by atoms with Crippen LogP contribution in [0.25, 0.3) is 0 Å². The van der Waals surface area contributed by atoms with Crippen molar-refractivity contribution < 1.29 is 9.47 Å². The second kappa shape index (κ2) is 11.5. The van der Waals surface area contributed by atoms with E-state index in [1.807, 2.05) is 32.1 Å². The summed E-state index contributed by atoms with van der Waals surface area (Å²) in [5.74, 6) is 1.43. The summed E-state index contributed by atoms with van der Waals surface area (Å²) in [5.41, 5.74) is 10.5. The molecule has 7 heteroatoms. The van der Waals surface area contributed by atoms with Gasteiger partial charge in [0.15, 0.2) is 0 Å². The van der Waals surface area contributed by atoms with Crippen LogP contribution in [0.5, 0.6) is 0 Å². The quantitative estimate of drug-likeness (QED) is 0.149. The molecule has 7 nitrogen and oxygen atoms in total. The zero-order valence-corrected chi connectivity index (χ0v) is 21.2. The number of anilines is 1. The molecule has 2 fully saturated rings. The monoisotopic (exact) mass is 465 g/mol. The Morgan fingerprint density at radius 3 is 2.68 bits per heavy atom. The van der Waals surface area contributed by atoms with E-state index in [9.17, 15) is 0 Å². The Kier molecular flexibility index (Phi) is 8.67. The van der Waals surface area contributed by atoms with Crippen LogP contribution in [0.3, 0.4) is 0 Å². The van der Waals surface area contributed by atoms with Gasteiger partial charge in [0.2, 0.25) is 0 Å². The van der Waals surface area contributed by atoms with Gasteiger partial charge in [-0.1, -0.05) is 13.5 Å². The van der Waals surface area contributed by atoms with Crippen molar-refractivity contribution in [3.8, 4) is 0 Å². The predicted octanol–water partition coefficient (Wildman–Crippen LogP) is 5.02. The molecule has 0 aromatic carbocycles. The molecule has 1 aromatic rings. The Hall–Kier alpha value is -2.93. The largest absolute Gasteiger partial charge is 0.496 e. The molecule has 0 radical (unpaired) electrons. The summed E-state index contributed by atoms with van der Waals surface area (Å²) >= 11 is 0. The van der Waals surface area contributed by atoms with Crippen molar-refractivity contribution in [1.82, 2.24) is 10.3 Å². The minimum atomic E-state index is -0.114. The molecule has 2 aliphatic carbocycles. The number of nitrogens with zero attached hydrogens (tertiary/aromatic N) is 3. The van der Waals surface area contributed by atoms with Gasteiger partial charge in [0, 0.05) is 35.6 Å². The summed E-state index contributed by atoms with van der Waals surface area (Å²) in [5, 5.41) is 3.51. The van der Waals surface area contributed by atoms with Crippen molar-refractivity contribution in [1.29, 1.82) is 0 Å². The molecule has 1 atom stereocenters. The van der Waals surface area contributed by atoms with Gasteiger partial charge in [0.05, 0.1) is 35.9 Å². The Balaban J connectivity index is 1.80. The smallest absolute Gasteiger partial charge is 0.130 e. The van der Waals surface area contributed by atoms with Gasteiger partial charge in [0.25, 0.3) is 0 Å². The first-order valence-corrected chi connectivity index (χ1v) is 12.1. The first-order chi connectivity index (χ1) is 16.3. The van der Waals surface area contributed by atoms with Crippen LogP contribution < -0.4 is 11.1 Å². The number of allylic oxidation sites excluding steroid dienone is 2. The molecule has 1 aromatic heterocycles. The van der Waals surface area contributed by atoms with E-state index >= 15 is 0 Å². The summed E-state index contributed by atoms with van der Waals surface area (Å²) in [4.78, 5) is 14.0. The summed E-state index contributed by atoms with van der Waals surface area (Å²) < 4.78 is 11.6. The molecule has 0 saturated heterocycles. The fourth-order valence-corrected chi connectivity index (χ4v) is 3.62. The van der Waals surface area contributed by atoms with Crippen molar-refractivity contribution in [3.05, 3.63) is 59.3 Å². The molecule has 0 spiro atoms. The van der Waals surface area contributed by atoms with Gasteiger partial charge in [-0.05, 0) is 70.7 Å². The third kappa shape index (κ3) is 7.03. The molecular weight excluding hydrogens is 426 g/mol. The summed E-state index contributed by atoms with van der Waals surface area (Å²) in [7, 11) is 1.75. The lowest BCUT2D eigenvalue weighted by Crippen LogP contribution is -2.29. The second-order valence-electron chi connectivity index (χ2n) is 9.27. The van der Waals surface area contributed by atoms with Crippen molar-refractivity contribution in [3.63, 3.8) is 0 Å². The van der Waals surface area contributed by atoms with Gasteiger partial charge >= 0.3 is 0 Å². The second-order valence-corrected chi connectivity index (χ2v) is 9.27. The Bertz CT molecular complexity index is 1000. The number of nitrogen functional groups attached to an aromatic ring is 1. The Morgan fingerprint density at radius 1 is 1.35 bits per heavy atom. The van der Waals surface area contributed by atoms with E-state index in [2.05, 4.69) is 35.7 Å². The zero-order valence-electron chi connectivity index (χ0n) is 21.2. The van der Waals surface area contributed by atoms with Crippen molar-refractivity contribution in [2.24, 2.45) is 9.98 Å². The number of pyridine rings is 1.